The molecule has 1 rings (SSSR count). The van der Waals surface area contributed by atoms with Crippen molar-refractivity contribution in [1.82, 2.24) is 4.98 Å². The molecule has 0 saturated carbocycles. The van der Waals surface area contributed by atoms with Crippen molar-refractivity contribution in [2.24, 2.45) is 5.73 Å². The van der Waals surface area contributed by atoms with E-state index in [1.54, 1.807) is 6.92 Å². The van der Waals surface area contributed by atoms with Gasteiger partial charge in [0.2, 0.25) is 0 Å². The number of thiazole rings is 1. The molecule has 88 valence electrons. The van der Waals surface area contributed by atoms with Crippen LogP contribution in [0.5, 0.6) is 0 Å². The van der Waals surface area contributed by atoms with E-state index in [-0.39, 0.29) is 18.1 Å². The number of carbonyl (C=O) groups is 2. The van der Waals surface area contributed by atoms with Crippen LogP contribution in [0.15, 0.2) is 0 Å². The normalized spacial score (nSPS) is 10.2. The maximum Gasteiger partial charge on any atom is 0.358 e. The van der Waals surface area contributed by atoms with Crippen LogP contribution in [-0.2, 0) is 11.2 Å². The summed E-state index contributed by atoms with van der Waals surface area (Å²) in [5.41, 5.74) is 5.51. The first-order chi connectivity index (χ1) is 7.60. The van der Waals surface area contributed by atoms with E-state index in [1.165, 1.54) is 18.3 Å². The van der Waals surface area contributed by atoms with Crippen molar-refractivity contribution in [3.63, 3.8) is 0 Å². The molecule has 0 aliphatic rings. The Morgan fingerprint density at radius 3 is 2.69 bits per heavy atom. The fourth-order valence-corrected chi connectivity index (χ4v) is 2.13. The van der Waals surface area contributed by atoms with Gasteiger partial charge in [0.05, 0.1) is 11.6 Å². The highest BCUT2D eigenvalue weighted by Gasteiger charge is 2.21. The summed E-state index contributed by atoms with van der Waals surface area (Å²) < 4.78 is 4.83. The molecular formula is C10H14N2O3S. The second kappa shape index (κ2) is 5.72. The third kappa shape index (κ3) is 2.86. The summed E-state index contributed by atoms with van der Waals surface area (Å²) >= 11 is 1.20. The lowest BCUT2D eigenvalue weighted by Gasteiger charge is -1.98. The van der Waals surface area contributed by atoms with Crippen LogP contribution in [0.4, 0.5) is 0 Å². The molecule has 0 aromatic carbocycles. The summed E-state index contributed by atoms with van der Waals surface area (Å²) in [5.74, 6) is -0.726. The van der Waals surface area contributed by atoms with Gasteiger partial charge in [-0.3, -0.25) is 4.79 Å². The molecule has 0 aliphatic carbocycles. The van der Waals surface area contributed by atoms with Crippen LogP contribution in [0.2, 0.25) is 0 Å². The molecule has 2 N–H and O–H groups in total. The molecule has 0 fully saturated rings. The topological polar surface area (TPSA) is 82.3 Å². The Morgan fingerprint density at radius 1 is 1.50 bits per heavy atom. The van der Waals surface area contributed by atoms with E-state index in [0.717, 1.165) is 0 Å². The van der Waals surface area contributed by atoms with Crippen molar-refractivity contribution in [1.29, 1.82) is 0 Å². The number of ether oxygens (including phenoxy) is 1. The zero-order valence-corrected chi connectivity index (χ0v) is 10.1. The Morgan fingerprint density at radius 2 is 2.19 bits per heavy atom. The van der Waals surface area contributed by atoms with Crippen molar-refractivity contribution in [3.8, 4) is 0 Å². The van der Waals surface area contributed by atoms with Crippen LogP contribution in [0.1, 0.15) is 39.0 Å². The van der Waals surface area contributed by atoms with E-state index in [9.17, 15) is 9.59 Å². The van der Waals surface area contributed by atoms with Crippen LogP contribution >= 0.6 is 11.3 Å². The van der Waals surface area contributed by atoms with E-state index in [2.05, 4.69) is 4.98 Å². The number of nitrogens with two attached hydrogens (primary N) is 1. The molecule has 1 heterocycles. The van der Waals surface area contributed by atoms with Gasteiger partial charge in [-0.15, -0.1) is 11.3 Å². The Hall–Kier alpha value is -1.27. The van der Waals surface area contributed by atoms with Gasteiger partial charge in [0, 0.05) is 13.3 Å². The lowest BCUT2D eigenvalue weighted by atomic mass is 10.3. The number of nitrogens with zero attached hydrogens (tertiary/aromatic N) is 1. The predicted octanol–water partition coefficient (Wildman–Crippen LogP) is 1.02. The lowest BCUT2D eigenvalue weighted by Crippen LogP contribution is -2.09. The first-order valence-electron chi connectivity index (χ1n) is 4.98. The first-order valence-corrected chi connectivity index (χ1v) is 5.79. The lowest BCUT2D eigenvalue weighted by molar-refractivity contribution is 0.0517. The fraction of sp³-hybridized carbons (Fsp3) is 0.500. The molecule has 1 aromatic heterocycles. The number of carbonyl (C=O) groups excluding carboxylic acids is 2. The van der Waals surface area contributed by atoms with Gasteiger partial charge < -0.3 is 10.5 Å². The molecule has 1 aromatic rings. The minimum absolute atomic E-state index is 0.114. The quantitative estimate of drug-likeness (QED) is 0.616. The van der Waals surface area contributed by atoms with Gasteiger partial charge in [-0.25, -0.2) is 9.78 Å². The van der Waals surface area contributed by atoms with Gasteiger partial charge >= 0.3 is 5.97 Å². The molecule has 0 amide bonds. The van der Waals surface area contributed by atoms with Gasteiger partial charge in [-0.1, -0.05) is 0 Å². The van der Waals surface area contributed by atoms with Crippen LogP contribution in [-0.4, -0.2) is 29.9 Å². The van der Waals surface area contributed by atoms with Crippen molar-refractivity contribution < 1.29 is 14.3 Å². The third-order valence-corrected chi connectivity index (χ3v) is 3.03. The molecule has 0 atom stereocenters. The van der Waals surface area contributed by atoms with E-state index in [1.807, 2.05) is 0 Å². The Labute approximate surface area is 97.6 Å². The second-order valence-electron chi connectivity index (χ2n) is 3.10. The molecule has 16 heavy (non-hydrogen) atoms. The maximum absolute atomic E-state index is 11.5. The smallest absolute Gasteiger partial charge is 0.358 e. The molecule has 0 spiro atoms. The fourth-order valence-electron chi connectivity index (χ4n) is 1.17. The Kier molecular flexibility index (Phi) is 4.57. The first kappa shape index (κ1) is 12.8. The zero-order chi connectivity index (χ0) is 12.1. The zero-order valence-electron chi connectivity index (χ0n) is 9.28. The van der Waals surface area contributed by atoms with Crippen molar-refractivity contribution >= 4 is 23.1 Å². The maximum atomic E-state index is 11.5. The van der Waals surface area contributed by atoms with Gasteiger partial charge in [0.15, 0.2) is 11.5 Å². The number of ketones is 1. The SMILES string of the molecule is CCOC(=O)c1nc(CCN)sc1C(C)=O. The molecule has 0 aliphatic heterocycles. The summed E-state index contributed by atoms with van der Waals surface area (Å²) in [6.07, 6.45) is 0.560. The van der Waals surface area contributed by atoms with E-state index < -0.39 is 5.97 Å². The standard InChI is InChI=1S/C10H14N2O3S/c1-3-15-10(14)8-9(6(2)13)16-7(12-8)4-5-11/h3-5,11H2,1-2H3. The van der Waals surface area contributed by atoms with Gasteiger partial charge in [0.1, 0.15) is 4.88 Å². The average molecular weight is 242 g/mol. The Bertz CT molecular complexity index is 401. The second-order valence-corrected chi connectivity index (χ2v) is 4.18. The average Bonchev–Trinajstić information content (AvgIpc) is 2.63. The van der Waals surface area contributed by atoms with E-state index in [4.69, 9.17) is 10.5 Å². The highest BCUT2D eigenvalue weighted by molar-refractivity contribution is 7.14. The number of esters is 1. The molecular weight excluding hydrogens is 228 g/mol. The predicted molar refractivity (Wildman–Crippen MR) is 60.8 cm³/mol. The largest absolute Gasteiger partial charge is 0.461 e. The van der Waals surface area contributed by atoms with E-state index in [0.29, 0.717) is 22.9 Å². The molecule has 0 radical (unpaired) electrons. The van der Waals surface area contributed by atoms with Crippen LogP contribution in [0.25, 0.3) is 0 Å². The van der Waals surface area contributed by atoms with Gasteiger partial charge in [-0.05, 0) is 13.5 Å². The van der Waals surface area contributed by atoms with Crippen molar-refractivity contribution in [2.45, 2.75) is 20.3 Å². The number of aromatic nitrogens is 1. The third-order valence-electron chi connectivity index (χ3n) is 1.82. The number of Topliss-reactive ketones (excluding diaryl/α,β-unsaturated/α-hetero) is 1. The number of hydrogen-bond donors (Lipinski definition) is 1. The minimum atomic E-state index is -0.549. The highest BCUT2D eigenvalue weighted by Crippen LogP contribution is 2.20. The van der Waals surface area contributed by atoms with Crippen LogP contribution < -0.4 is 5.73 Å². The molecule has 0 unspecified atom stereocenters. The summed E-state index contributed by atoms with van der Waals surface area (Å²) in [5, 5.41) is 0.691. The van der Waals surface area contributed by atoms with Crippen LogP contribution in [0.3, 0.4) is 0 Å². The summed E-state index contributed by atoms with van der Waals surface area (Å²) in [6, 6.07) is 0. The van der Waals surface area contributed by atoms with Crippen LogP contribution in [0, 0.1) is 0 Å². The van der Waals surface area contributed by atoms with Gasteiger partial charge in [-0.2, -0.15) is 0 Å². The highest BCUT2D eigenvalue weighted by atomic mass is 32.1. The Balaban J connectivity index is 3.04. The molecule has 6 heteroatoms. The summed E-state index contributed by atoms with van der Waals surface area (Å²) in [4.78, 5) is 27.3. The van der Waals surface area contributed by atoms with Gasteiger partial charge in [0.25, 0.3) is 0 Å². The van der Waals surface area contributed by atoms with E-state index >= 15 is 0 Å². The number of rotatable bonds is 5. The number of hydrogen-bond acceptors (Lipinski definition) is 6. The minimum Gasteiger partial charge on any atom is -0.461 e. The molecule has 0 saturated heterocycles. The van der Waals surface area contributed by atoms with Crippen molar-refractivity contribution in [3.05, 3.63) is 15.6 Å². The molecule has 5 nitrogen and oxygen atoms in total. The monoisotopic (exact) mass is 242 g/mol. The summed E-state index contributed by atoms with van der Waals surface area (Å²) in [6.45, 7) is 3.81. The summed E-state index contributed by atoms with van der Waals surface area (Å²) in [7, 11) is 0. The molecule has 0 bridgehead atoms. The van der Waals surface area contributed by atoms with Crippen molar-refractivity contribution in [2.75, 3.05) is 13.2 Å².